The van der Waals surface area contributed by atoms with Crippen LogP contribution in [0.3, 0.4) is 0 Å². The van der Waals surface area contributed by atoms with Crippen molar-refractivity contribution < 1.29 is 42.1 Å². The minimum absolute atomic E-state index is 0.0262. The van der Waals surface area contributed by atoms with Gasteiger partial charge in [-0.25, -0.2) is 0 Å². The van der Waals surface area contributed by atoms with Crippen LogP contribution < -0.4 is 4.89 Å². The molecule has 9 nitrogen and oxygen atoms in total. The summed E-state index contributed by atoms with van der Waals surface area (Å²) < 4.78 is 33.7. The van der Waals surface area contributed by atoms with Gasteiger partial charge >= 0.3 is 11.9 Å². The normalized spacial score (nSPS) is 13.7. The number of ether oxygens (including phenoxy) is 2. The molecule has 0 heterocycles. The van der Waals surface area contributed by atoms with Crippen LogP contribution in [0.2, 0.25) is 0 Å². The van der Waals surface area contributed by atoms with Crippen LogP contribution in [0, 0.1) is 0 Å². The minimum atomic E-state index is -4.61. The van der Waals surface area contributed by atoms with E-state index >= 15 is 0 Å². The summed E-state index contributed by atoms with van der Waals surface area (Å²) in [4.78, 5) is 37.3. The second kappa shape index (κ2) is 32.9. The van der Waals surface area contributed by atoms with Crippen molar-refractivity contribution >= 4 is 19.8 Å². The van der Waals surface area contributed by atoms with Gasteiger partial charge in [0.05, 0.1) is 27.7 Å². The summed E-state index contributed by atoms with van der Waals surface area (Å²) >= 11 is 0. The van der Waals surface area contributed by atoms with Crippen molar-refractivity contribution in [2.24, 2.45) is 0 Å². The van der Waals surface area contributed by atoms with E-state index in [4.69, 9.17) is 18.5 Å². The zero-order valence-corrected chi connectivity index (χ0v) is 33.6. The smallest absolute Gasteiger partial charge is 0.306 e. The molecule has 0 saturated heterocycles. The molecule has 0 N–H and O–H groups in total. The van der Waals surface area contributed by atoms with Crippen LogP contribution in [-0.2, 0) is 32.7 Å². The Hall–Kier alpha value is -0.990. The first-order valence-corrected chi connectivity index (χ1v) is 21.7. The van der Waals surface area contributed by atoms with Gasteiger partial charge in [0, 0.05) is 12.8 Å². The van der Waals surface area contributed by atoms with Gasteiger partial charge in [-0.3, -0.25) is 14.2 Å². The second-order valence-electron chi connectivity index (χ2n) is 15.0. The van der Waals surface area contributed by atoms with Crippen molar-refractivity contribution in [3.05, 3.63) is 0 Å². The number of carbonyl (C=O) groups excluding carboxylic acids is 2. The van der Waals surface area contributed by atoms with Crippen molar-refractivity contribution in [2.75, 3.05) is 47.5 Å². The number of quaternary nitrogens is 1. The van der Waals surface area contributed by atoms with Crippen molar-refractivity contribution in [1.82, 2.24) is 0 Å². The zero-order valence-electron chi connectivity index (χ0n) is 32.7. The van der Waals surface area contributed by atoms with E-state index in [1.807, 2.05) is 21.1 Å². The molecule has 0 bridgehead atoms. The number of nitrogens with zero attached hydrogens (tertiary/aromatic N) is 1. The summed E-state index contributed by atoms with van der Waals surface area (Å²) in [5.41, 5.74) is 0. The van der Waals surface area contributed by atoms with E-state index in [1.54, 1.807) is 0 Å². The minimum Gasteiger partial charge on any atom is -0.756 e. The van der Waals surface area contributed by atoms with Gasteiger partial charge in [-0.05, 0) is 12.8 Å². The van der Waals surface area contributed by atoms with E-state index in [0.717, 1.165) is 38.5 Å². The Labute approximate surface area is 302 Å². The Morgan fingerprint density at radius 2 is 0.918 bits per heavy atom. The highest BCUT2D eigenvalue weighted by molar-refractivity contribution is 7.45. The van der Waals surface area contributed by atoms with Crippen molar-refractivity contribution in [3.8, 4) is 0 Å². The Morgan fingerprint density at radius 3 is 1.31 bits per heavy atom. The van der Waals surface area contributed by atoms with Gasteiger partial charge in [-0.15, -0.1) is 0 Å². The zero-order chi connectivity index (χ0) is 36.5. The topological polar surface area (TPSA) is 111 Å². The van der Waals surface area contributed by atoms with Crippen LogP contribution in [0.4, 0.5) is 0 Å². The van der Waals surface area contributed by atoms with Gasteiger partial charge in [0.2, 0.25) is 0 Å². The molecule has 0 radical (unpaired) electrons. The Balaban J connectivity index is 4.30. The molecule has 2 atom stereocenters. The maximum atomic E-state index is 12.6. The molecule has 0 saturated carbocycles. The lowest BCUT2D eigenvalue weighted by atomic mass is 10.0. The number of rotatable bonds is 37. The van der Waals surface area contributed by atoms with Crippen LogP contribution in [0.15, 0.2) is 0 Å². The predicted octanol–water partition coefficient (Wildman–Crippen LogP) is 10.2. The first kappa shape index (κ1) is 48.0. The summed E-state index contributed by atoms with van der Waals surface area (Å²) in [6.45, 7) is 4.22. The number of unbranched alkanes of at least 4 members (excludes halogenated alkanes) is 23. The molecule has 0 fully saturated rings. The van der Waals surface area contributed by atoms with E-state index < -0.39 is 26.5 Å². The number of phosphoric ester groups is 1. The van der Waals surface area contributed by atoms with E-state index in [2.05, 4.69) is 13.8 Å². The lowest BCUT2D eigenvalue weighted by molar-refractivity contribution is -0.870. The Bertz CT molecular complexity index is 819. The van der Waals surface area contributed by atoms with E-state index in [9.17, 15) is 19.0 Å². The fourth-order valence-electron chi connectivity index (χ4n) is 5.65. The molecule has 0 aliphatic carbocycles. The third-order valence-corrected chi connectivity index (χ3v) is 9.84. The highest BCUT2D eigenvalue weighted by Gasteiger charge is 2.21. The fourth-order valence-corrected chi connectivity index (χ4v) is 6.38. The predicted molar refractivity (Wildman–Crippen MR) is 199 cm³/mol. The molecular formula is C39H78NO8P. The molecule has 292 valence electrons. The second-order valence-corrected chi connectivity index (χ2v) is 16.4. The average molecular weight is 720 g/mol. The molecule has 0 aliphatic heterocycles. The molecule has 0 aliphatic rings. The summed E-state index contributed by atoms with van der Waals surface area (Å²) in [7, 11) is 1.18. The summed E-state index contributed by atoms with van der Waals surface area (Å²) in [6.07, 6.45) is 29.9. The van der Waals surface area contributed by atoms with Crippen molar-refractivity contribution in [2.45, 2.75) is 193 Å². The van der Waals surface area contributed by atoms with Gasteiger partial charge in [0.1, 0.15) is 19.8 Å². The number of likely N-dealkylation sites (N-methyl/N-ethyl adjacent to an activating group) is 1. The van der Waals surface area contributed by atoms with Crippen LogP contribution in [0.1, 0.15) is 187 Å². The molecule has 1 unspecified atom stereocenters. The highest BCUT2D eigenvalue weighted by Crippen LogP contribution is 2.38. The molecule has 0 rings (SSSR count). The fraction of sp³-hybridized carbons (Fsp3) is 0.949. The summed E-state index contributed by atoms with van der Waals surface area (Å²) in [6, 6.07) is 0. The van der Waals surface area contributed by atoms with Crippen molar-refractivity contribution in [3.63, 3.8) is 0 Å². The standard InChI is InChI=1S/C39H78NO8P/c1-6-8-10-12-14-16-17-18-19-20-21-22-24-25-27-29-31-38(41)45-35-37(36-47-49(43,44)46-34-33-40(3,4)5)48-39(42)32-30-28-26-23-15-13-11-9-7-2/h37H,6-36H2,1-5H3/t37-/m1/s1. The van der Waals surface area contributed by atoms with Gasteiger partial charge in [-0.2, -0.15) is 0 Å². The maximum Gasteiger partial charge on any atom is 0.306 e. The van der Waals surface area contributed by atoms with Gasteiger partial charge in [0.25, 0.3) is 7.82 Å². The van der Waals surface area contributed by atoms with Gasteiger partial charge in [0.15, 0.2) is 6.10 Å². The summed E-state index contributed by atoms with van der Waals surface area (Å²) in [5.74, 6) is -0.827. The number of carbonyl (C=O) groups is 2. The van der Waals surface area contributed by atoms with E-state index in [1.165, 1.54) is 116 Å². The molecule has 0 aromatic heterocycles. The molecule has 0 amide bonds. The highest BCUT2D eigenvalue weighted by atomic mass is 31.2. The van der Waals surface area contributed by atoms with Crippen molar-refractivity contribution in [1.29, 1.82) is 0 Å². The van der Waals surface area contributed by atoms with Crippen LogP contribution >= 0.6 is 7.82 Å². The number of hydrogen-bond acceptors (Lipinski definition) is 8. The Kier molecular flexibility index (Phi) is 32.2. The van der Waals surface area contributed by atoms with Crippen LogP contribution in [-0.4, -0.2) is 70.0 Å². The van der Waals surface area contributed by atoms with E-state index in [-0.39, 0.29) is 32.0 Å². The SMILES string of the molecule is CCCCCCCCCCCCCCCCCCC(=O)OC[C@H](COP(=O)([O-])OCC[N+](C)(C)C)OC(=O)CCCCCCCCCCC. The first-order chi connectivity index (χ1) is 23.5. The molecular weight excluding hydrogens is 641 g/mol. The molecule has 49 heavy (non-hydrogen) atoms. The average Bonchev–Trinajstić information content (AvgIpc) is 3.04. The first-order valence-electron chi connectivity index (χ1n) is 20.2. The third kappa shape index (κ3) is 36.6. The van der Waals surface area contributed by atoms with Gasteiger partial charge < -0.3 is 27.9 Å². The number of hydrogen-bond donors (Lipinski definition) is 0. The number of phosphoric acid groups is 1. The van der Waals surface area contributed by atoms with Gasteiger partial charge in [-0.1, -0.05) is 162 Å². The lowest BCUT2D eigenvalue weighted by Gasteiger charge is -2.28. The van der Waals surface area contributed by atoms with E-state index in [0.29, 0.717) is 17.4 Å². The molecule has 0 aromatic carbocycles. The number of esters is 2. The maximum absolute atomic E-state index is 12.6. The lowest BCUT2D eigenvalue weighted by Crippen LogP contribution is -2.37. The molecule has 0 spiro atoms. The summed E-state index contributed by atoms with van der Waals surface area (Å²) in [5, 5.41) is 0. The van der Waals surface area contributed by atoms with Crippen LogP contribution in [0.25, 0.3) is 0 Å². The quantitative estimate of drug-likeness (QED) is 0.0270. The van der Waals surface area contributed by atoms with Crippen LogP contribution in [0.5, 0.6) is 0 Å². The largest absolute Gasteiger partial charge is 0.756 e. The molecule has 10 heteroatoms. The molecule has 0 aromatic rings. The Morgan fingerprint density at radius 1 is 0.551 bits per heavy atom. The monoisotopic (exact) mass is 720 g/mol. The third-order valence-electron chi connectivity index (χ3n) is 8.88.